The third kappa shape index (κ3) is 4.09. The highest BCUT2D eigenvalue weighted by Crippen LogP contribution is 2.16. The first-order valence-electron chi connectivity index (χ1n) is 6.96. The SMILES string of the molecule is NCCCN(Cc1ccccc1)C1CCCOC1. The van der Waals surface area contributed by atoms with Gasteiger partial charge in [-0.3, -0.25) is 4.90 Å². The van der Waals surface area contributed by atoms with Crippen LogP contribution in [0.15, 0.2) is 30.3 Å². The van der Waals surface area contributed by atoms with Crippen molar-refractivity contribution in [3.05, 3.63) is 35.9 Å². The van der Waals surface area contributed by atoms with Gasteiger partial charge in [0.25, 0.3) is 0 Å². The Morgan fingerprint density at radius 3 is 2.78 bits per heavy atom. The molecule has 1 atom stereocenters. The first-order chi connectivity index (χ1) is 8.90. The van der Waals surface area contributed by atoms with E-state index in [-0.39, 0.29) is 0 Å². The highest BCUT2D eigenvalue weighted by molar-refractivity contribution is 5.14. The van der Waals surface area contributed by atoms with E-state index in [1.54, 1.807) is 0 Å². The van der Waals surface area contributed by atoms with E-state index in [2.05, 4.69) is 35.2 Å². The van der Waals surface area contributed by atoms with E-state index in [0.717, 1.165) is 39.3 Å². The molecule has 1 aliphatic heterocycles. The fraction of sp³-hybridized carbons (Fsp3) is 0.600. The van der Waals surface area contributed by atoms with Crippen LogP contribution in [0, 0.1) is 0 Å². The molecule has 3 heteroatoms. The molecule has 1 saturated heterocycles. The molecule has 1 heterocycles. The first-order valence-corrected chi connectivity index (χ1v) is 6.96. The van der Waals surface area contributed by atoms with Crippen molar-refractivity contribution in [2.75, 3.05) is 26.3 Å². The number of hydrogen-bond donors (Lipinski definition) is 1. The molecule has 100 valence electrons. The number of hydrogen-bond acceptors (Lipinski definition) is 3. The Bertz CT molecular complexity index is 323. The Morgan fingerprint density at radius 2 is 2.11 bits per heavy atom. The monoisotopic (exact) mass is 248 g/mol. The fourth-order valence-corrected chi connectivity index (χ4v) is 2.51. The lowest BCUT2D eigenvalue weighted by Gasteiger charge is -2.34. The van der Waals surface area contributed by atoms with Crippen molar-refractivity contribution in [3.8, 4) is 0 Å². The molecule has 2 N–H and O–H groups in total. The summed E-state index contributed by atoms with van der Waals surface area (Å²) in [5, 5.41) is 0. The van der Waals surface area contributed by atoms with Crippen molar-refractivity contribution in [2.45, 2.75) is 31.8 Å². The molecule has 0 radical (unpaired) electrons. The van der Waals surface area contributed by atoms with Crippen molar-refractivity contribution in [1.29, 1.82) is 0 Å². The second kappa shape index (κ2) is 7.52. The van der Waals surface area contributed by atoms with Gasteiger partial charge in [-0.25, -0.2) is 0 Å². The largest absolute Gasteiger partial charge is 0.380 e. The molecule has 18 heavy (non-hydrogen) atoms. The van der Waals surface area contributed by atoms with Crippen LogP contribution in [0.5, 0.6) is 0 Å². The normalized spacial score (nSPS) is 20.2. The molecule has 0 aromatic heterocycles. The second-order valence-electron chi connectivity index (χ2n) is 4.97. The Labute approximate surface area is 110 Å². The van der Waals surface area contributed by atoms with Crippen LogP contribution < -0.4 is 5.73 Å². The van der Waals surface area contributed by atoms with Gasteiger partial charge in [0.1, 0.15) is 0 Å². The van der Waals surface area contributed by atoms with Gasteiger partial charge in [0, 0.05) is 25.7 Å². The van der Waals surface area contributed by atoms with E-state index >= 15 is 0 Å². The minimum Gasteiger partial charge on any atom is -0.380 e. The molecule has 2 rings (SSSR count). The van der Waals surface area contributed by atoms with Gasteiger partial charge in [-0.05, 0) is 31.4 Å². The summed E-state index contributed by atoms with van der Waals surface area (Å²) < 4.78 is 5.61. The topological polar surface area (TPSA) is 38.5 Å². The lowest BCUT2D eigenvalue weighted by atomic mass is 10.1. The molecule has 1 aliphatic rings. The van der Waals surface area contributed by atoms with Gasteiger partial charge in [-0.1, -0.05) is 30.3 Å². The van der Waals surface area contributed by atoms with Crippen LogP contribution in [0.3, 0.4) is 0 Å². The van der Waals surface area contributed by atoms with Crippen molar-refractivity contribution in [2.24, 2.45) is 5.73 Å². The van der Waals surface area contributed by atoms with Crippen LogP contribution in [-0.4, -0.2) is 37.2 Å². The zero-order valence-corrected chi connectivity index (χ0v) is 11.1. The highest BCUT2D eigenvalue weighted by atomic mass is 16.5. The third-order valence-electron chi connectivity index (χ3n) is 3.53. The van der Waals surface area contributed by atoms with E-state index in [1.165, 1.54) is 18.4 Å². The molecule has 1 aromatic rings. The number of rotatable bonds is 6. The third-order valence-corrected chi connectivity index (χ3v) is 3.53. The summed E-state index contributed by atoms with van der Waals surface area (Å²) in [6.45, 7) is 4.64. The molecule has 0 aliphatic carbocycles. The van der Waals surface area contributed by atoms with E-state index in [4.69, 9.17) is 10.5 Å². The van der Waals surface area contributed by atoms with Gasteiger partial charge in [0.05, 0.1) is 6.61 Å². The highest BCUT2D eigenvalue weighted by Gasteiger charge is 2.21. The summed E-state index contributed by atoms with van der Waals surface area (Å²) in [5.74, 6) is 0. The van der Waals surface area contributed by atoms with E-state index in [1.807, 2.05) is 0 Å². The summed E-state index contributed by atoms with van der Waals surface area (Å²) in [6, 6.07) is 11.2. The van der Waals surface area contributed by atoms with Gasteiger partial charge < -0.3 is 10.5 Å². The lowest BCUT2D eigenvalue weighted by molar-refractivity contribution is 0.0143. The fourth-order valence-electron chi connectivity index (χ4n) is 2.51. The number of nitrogens with two attached hydrogens (primary N) is 1. The quantitative estimate of drug-likeness (QED) is 0.837. The lowest BCUT2D eigenvalue weighted by Crippen LogP contribution is -2.41. The van der Waals surface area contributed by atoms with Crippen molar-refractivity contribution in [3.63, 3.8) is 0 Å². The van der Waals surface area contributed by atoms with Crippen molar-refractivity contribution >= 4 is 0 Å². The average molecular weight is 248 g/mol. The maximum Gasteiger partial charge on any atom is 0.0621 e. The molecule has 0 spiro atoms. The minimum absolute atomic E-state index is 0.561. The Balaban J connectivity index is 1.95. The predicted molar refractivity (Wildman–Crippen MR) is 74.4 cm³/mol. The zero-order valence-electron chi connectivity index (χ0n) is 11.1. The number of nitrogens with zero attached hydrogens (tertiary/aromatic N) is 1. The first kappa shape index (κ1) is 13.5. The van der Waals surface area contributed by atoms with E-state index in [9.17, 15) is 0 Å². The number of benzene rings is 1. The molecule has 1 aromatic carbocycles. The Morgan fingerprint density at radius 1 is 1.28 bits per heavy atom. The summed E-state index contributed by atoms with van der Waals surface area (Å²) in [4.78, 5) is 2.53. The molecule has 0 bridgehead atoms. The van der Waals surface area contributed by atoms with Crippen LogP contribution >= 0.6 is 0 Å². The summed E-state index contributed by atoms with van der Waals surface area (Å²) in [5.41, 5.74) is 7.02. The minimum atomic E-state index is 0.561. The number of ether oxygens (including phenoxy) is 1. The summed E-state index contributed by atoms with van der Waals surface area (Å²) in [7, 11) is 0. The standard InChI is InChI=1S/C15H24N2O/c16-9-5-10-17(15-8-4-11-18-13-15)12-14-6-2-1-3-7-14/h1-3,6-7,15H,4-5,8-13,16H2. The maximum atomic E-state index is 5.64. The van der Waals surface area contributed by atoms with Crippen LogP contribution in [-0.2, 0) is 11.3 Å². The van der Waals surface area contributed by atoms with Crippen molar-refractivity contribution in [1.82, 2.24) is 4.90 Å². The van der Waals surface area contributed by atoms with Crippen LogP contribution in [0.1, 0.15) is 24.8 Å². The van der Waals surface area contributed by atoms with Crippen molar-refractivity contribution < 1.29 is 4.74 Å². The molecule has 0 saturated carbocycles. The molecule has 0 amide bonds. The summed E-state index contributed by atoms with van der Waals surface area (Å²) >= 11 is 0. The molecular formula is C15H24N2O. The van der Waals surface area contributed by atoms with E-state index < -0.39 is 0 Å². The van der Waals surface area contributed by atoms with Crippen LogP contribution in [0.25, 0.3) is 0 Å². The Hall–Kier alpha value is -0.900. The predicted octanol–water partition coefficient (Wildman–Crippen LogP) is 2.02. The summed E-state index contributed by atoms with van der Waals surface area (Å²) in [6.07, 6.45) is 3.49. The van der Waals surface area contributed by atoms with Gasteiger partial charge >= 0.3 is 0 Å². The van der Waals surface area contributed by atoms with Gasteiger partial charge in [-0.2, -0.15) is 0 Å². The van der Waals surface area contributed by atoms with Gasteiger partial charge in [0.2, 0.25) is 0 Å². The molecule has 1 unspecified atom stereocenters. The van der Waals surface area contributed by atoms with E-state index in [0.29, 0.717) is 6.04 Å². The second-order valence-corrected chi connectivity index (χ2v) is 4.97. The van der Waals surface area contributed by atoms with Crippen LogP contribution in [0.2, 0.25) is 0 Å². The maximum absolute atomic E-state index is 5.64. The Kier molecular flexibility index (Phi) is 5.65. The van der Waals surface area contributed by atoms with Crippen LogP contribution in [0.4, 0.5) is 0 Å². The zero-order chi connectivity index (χ0) is 12.6. The molecule has 3 nitrogen and oxygen atoms in total. The smallest absolute Gasteiger partial charge is 0.0621 e. The van der Waals surface area contributed by atoms with Gasteiger partial charge in [-0.15, -0.1) is 0 Å². The van der Waals surface area contributed by atoms with Gasteiger partial charge in [0.15, 0.2) is 0 Å². The average Bonchev–Trinajstić information content (AvgIpc) is 2.45. The molecular weight excluding hydrogens is 224 g/mol. The molecule has 1 fully saturated rings.